The number of carboxylic acids is 1. The molecule has 2 unspecified atom stereocenters. The Bertz CT molecular complexity index is 1030. The number of benzene rings is 2. The number of aryl methyl sites for hydroxylation is 1. The number of thioether (sulfide) groups is 1. The molecule has 30 heavy (non-hydrogen) atoms. The van der Waals surface area contributed by atoms with Crippen LogP contribution in [0.2, 0.25) is 0 Å². The molecule has 0 bridgehead atoms. The van der Waals surface area contributed by atoms with Gasteiger partial charge < -0.3 is 5.11 Å². The van der Waals surface area contributed by atoms with Crippen LogP contribution < -0.4 is 0 Å². The molecule has 1 amide bonds. The number of hydrogen-bond donors (Lipinski definition) is 1. The van der Waals surface area contributed by atoms with Gasteiger partial charge in [-0.25, -0.2) is 0 Å². The predicted octanol–water partition coefficient (Wildman–Crippen LogP) is 5.51. The quantitative estimate of drug-likeness (QED) is 0.505. The first kappa shape index (κ1) is 20.8. The van der Waals surface area contributed by atoms with Crippen molar-refractivity contribution in [3.8, 4) is 11.1 Å². The lowest BCUT2D eigenvalue weighted by atomic mass is 9.85. The van der Waals surface area contributed by atoms with E-state index >= 15 is 0 Å². The van der Waals surface area contributed by atoms with Crippen molar-refractivity contribution in [1.29, 1.82) is 0 Å². The Labute approximate surface area is 186 Å². The summed E-state index contributed by atoms with van der Waals surface area (Å²) in [6, 6.07) is 16.3. The summed E-state index contributed by atoms with van der Waals surface area (Å²) in [6.45, 7) is 2.06. The van der Waals surface area contributed by atoms with E-state index in [1.165, 1.54) is 17.3 Å². The van der Waals surface area contributed by atoms with Crippen molar-refractivity contribution in [2.45, 2.75) is 38.6 Å². The largest absolute Gasteiger partial charge is 0.481 e. The second-order valence-corrected chi connectivity index (χ2v) is 9.57. The van der Waals surface area contributed by atoms with Gasteiger partial charge in [0, 0.05) is 6.04 Å². The van der Waals surface area contributed by atoms with Crippen LogP contribution in [0.25, 0.3) is 17.2 Å². The Kier molecular flexibility index (Phi) is 6.06. The standard InChI is InChI=1S/C24H23NO3S2/c1-15-8-10-17(11-9-15)18-5-2-4-16(12-18)13-21-22(26)25(24(29)30-21)20-7-3-6-19(14-20)23(27)28/h2,4-5,8-13,19-20H,3,6-7,14H2,1H3,(H,27,28)/b21-13+. The number of rotatable bonds is 4. The van der Waals surface area contributed by atoms with Crippen LogP contribution in [-0.4, -0.2) is 32.2 Å². The Morgan fingerprint density at radius 3 is 2.67 bits per heavy atom. The molecule has 1 aliphatic heterocycles. The molecule has 2 aromatic rings. The van der Waals surface area contributed by atoms with Gasteiger partial charge in [-0.15, -0.1) is 0 Å². The van der Waals surface area contributed by atoms with E-state index < -0.39 is 11.9 Å². The first-order chi connectivity index (χ1) is 14.4. The average molecular weight is 438 g/mol. The van der Waals surface area contributed by atoms with Crippen LogP contribution in [0, 0.1) is 12.8 Å². The highest BCUT2D eigenvalue weighted by Crippen LogP contribution is 2.38. The molecule has 4 nitrogen and oxygen atoms in total. The van der Waals surface area contributed by atoms with Crippen molar-refractivity contribution in [1.82, 2.24) is 4.90 Å². The number of nitrogens with zero attached hydrogens (tertiary/aromatic N) is 1. The highest BCUT2D eigenvalue weighted by Gasteiger charge is 2.40. The molecule has 154 valence electrons. The average Bonchev–Trinajstić information content (AvgIpc) is 3.01. The minimum Gasteiger partial charge on any atom is -0.481 e. The number of carboxylic acid groups (broad SMARTS) is 1. The van der Waals surface area contributed by atoms with Gasteiger partial charge in [-0.05, 0) is 55.0 Å². The SMILES string of the molecule is Cc1ccc(-c2cccc(/C=C3/SC(=S)N(C4CCCC(C(=O)O)C4)C3=O)c2)cc1. The second-order valence-electron chi connectivity index (χ2n) is 7.90. The van der Waals surface area contributed by atoms with Crippen LogP contribution in [0.3, 0.4) is 0 Å². The van der Waals surface area contributed by atoms with E-state index in [1.807, 2.05) is 18.2 Å². The minimum absolute atomic E-state index is 0.109. The highest BCUT2D eigenvalue weighted by atomic mass is 32.2. The third kappa shape index (κ3) is 4.35. The summed E-state index contributed by atoms with van der Waals surface area (Å²) in [4.78, 5) is 26.7. The van der Waals surface area contributed by atoms with Crippen molar-refractivity contribution in [2.75, 3.05) is 0 Å². The maximum Gasteiger partial charge on any atom is 0.306 e. The second kappa shape index (κ2) is 8.74. The fourth-order valence-corrected chi connectivity index (χ4v) is 5.52. The predicted molar refractivity (Wildman–Crippen MR) is 125 cm³/mol. The summed E-state index contributed by atoms with van der Waals surface area (Å²) in [5, 5.41) is 9.36. The fraction of sp³-hybridized carbons (Fsp3) is 0.292. The smallest absolute Gasteiger partial charge is 0.306 e. The lowest BCUT2D eigenvalue weighted by molar-refractivity contribution is -0.144. The number of aliphatic carboxylic acids is 1. The molecule has 0 spiro atoms. The van der Waals surface area contributed by atoms with E-state index in [2.05, 4.69) is 43.3 Å². The van der Waals surface area contributed by atoms with Crippen molar-refractivity contribution in [3.63, 3.8) is 0 Å². The van der Waals surface area contributed by atoms with Gasteiger partial charge in [0.05, 0.1) is 10.8 Å². The zero-order valence-corrected chi connectivity index (χ0v) is 18.3. The maximum atomic E-state index is 13.1. The van der Waals surface area contributed by atoms with Crippen molar-refractivity contribution in [2.24, 2.45) is 5.92 Å². The zero-order valence-electron chi connectivity index (χ0n) is 16.7. The molecule has 1 saturated heterocycles. The molecule has 6 heteroatoms. The molecule has 2 aromatic carbocycles. The maximum absolute atomic E-state index is 13.1. The molecule has 2 atom stereocenters. The molecule has 1 saturated carbocycles. The van der Waals surface area contributed by atoms with E-state index in [0.717, 1.165) is 29.5 Å². The molecular formula is C24H23NO3S2. The van der Waals surface area contributed by atoms with Crippen LogP contribution in [-0.2, 0) is 9.59 Å². The number of hydrogen-bond acceptors (Lipinski definition) is 4. The lowest BCUT2D eigenvalue weighted by Gasteiger charge is -2.32. The Balaban J connectivity index is 1.56. The Morgan fingerprint density at radius 1 is 1.17 bits per heavy atom. The summed E-state index contributed by atoms with van der Waals surface area (Å²) in [5.74, 6) is -1.29. The molecule has 0 radical (unpaired) electrons. The summed E-state index contributed by atoms with van der Waals surface area (Å²) >= 11 is 6.80. The molecule has 2 aliphatic rings. The number of thiocarbonyl (C=S) groups is 1. The van der Waals surface area contributed by atoms with Crippen molar-refractivity contribution < 1.29 is 14.7 Å². The summed E-state index contributed by atoms with van der Waals surface area (Å²) in [5.41, 5.74) is 4.38. The molecule has 1 N–H and O–H groups in total. The first-order valence-corrected chi connectivity index (χ1v) is 11.3. The van der Waals surface area contributed by atoms with Crippen molar-refractivity contribution in [3.05, 3.63) is 64.6 Å². The Morgan fingerprint density at radius 2 is 1.93 bits per heavy atom. The van der Waals surface area contributed by atoms with Gasteiger partial charge in [0.1, 0.15) is 4.32 Å². The van der Waals surface area contributed by atoms with Crippen LogP contribution in [0.4, 0.5) is 0 Å². The van der Waals surface area contributed by atoms with Crippen LogP contribution in [0.15, 0.2) is 53.4 Å². The van der Waals surface area contributed by atoms with Crippen LogP contribution in [0.1, 0.15) is 36.8 Å². The van der Waals surface area contributed by atoms with Gasteiger partial charge in [0.2, 0.25) is 0 Å². The molecular weight excluding hydrogens is 414 g/mol. The van der Waals surface area contributed by atoms with E-state index in [1.54, 1.807) is 4.90 Å². The molecule has 1 heterocycles. The summed E-state index contributed by atoms with van der Waals surface area (Å²) in [6.07, 6.45) is 4.62. The molecule has 2 fully saturated rings. The zero-order chi connectivity index (χ0) is 21.3. The van der Waals surface area contributed by atoms with E-state index in [0.29, 0.717) is 22.1 Å². The van der Waals surface area contributed by atoms with Gasteiger partial charge in [-0.3, -0.25) is 14.5 Å². The summed E-state index contributed by atoms with van der Waals surface area (Å²) < 4.78 is 0.525. The minimum atomic E-state index is -0.784. The monoisotopic (exact) mass is 437 g/mol. The third-order valence-corrected chi connectivity index (χ3v) is 7.08. The van der Waals surface area contributed by atoms with Crippen molar-refractivity contribution >= 4 is 46.3 Å². The normalized spacial score (nSPS) is 23.2. The number of carbonyl (C=O) groups is 2. The van der Waals surface area contributed by atoms with Gasteiger partial charge in [0.25, 0.3) is 5.91 Å². The van der Waals surface area contributed by atoms with Gasteiger partial charge in [0.15, 0.2) is 0 Å². The fourth-order valence-electron chi connectivity index (χ4n) is 4.12. The number of carbonyl (C=O) groups excluding carboxylic acids is 1. The first-order valence-electron chi connectivity index (χ1n) is 10.1. The summed E-state index contributed by atoms with van der Waals surface area (Å²) in [7, 11) is 0. The van der Waals surface area contributed by atoms with Crippen LogP contribution in [0.5, 0.6) is 0 Å². The molecule has 0 aromatic heterocycles. The van der Waals surface area contributed by atoms with E-state index in [-0.39, 0.29) is 11.9 Å². The van der Waals surface area contributed by atoms with Gasteiger partial charge >= 0.3 is 5.97 Å². The van der Waals surface area contributed by atoms with E-state index in [9.17, 15) is 14.7 Å². The van der Waals surface area contributed by atoms with Crippen LogP contribution >= 0.6 is 24.0 Å². The van der Waals surface area contributed by atoms with Gasteiger partial charge in [-0.2, -0.15) is 0 Å². The third-order valence-electron chi connectivity index (χ3n) is 5.75. The topological polar surface area (TPSA) is 57.6 Å². The number of amides is 1. The Hall–Kier alpha value is -2.44. The highest BCUT2D eigenvalue weighted by molar-refractivity contribution is 8.26. The van der Waals surface area contributed by atoms with Gasteiger partial charge in [-0.1, -0.05) is 78.4 Å². The lowest BCUT2D eigenvalue weighted by Crippen LogP contribution is -2.42. The van der Waals surface area contributed by atoms with E-state index in [4.69, 9.17) is 12.2 Å². The molecule has 1 aliphatic carbocycles. The molecule has 4 rings (SSSR count).